The molecule has 2 aromatic rings. The summed E-state index contributed by atoms with van der Waals surface area (Å²) in [6.45, 7) is 2.03. The van der Waals surface area contributed by atoms with Crippen molar-refractivity contribution in [1.82, 2.24) is 15.3 Å². The topological polar surface area (TPSA) is 78.0 Å². The van der Waals surface area contributed by atoms with E-state index in [0.717, 1.165) is 17.0 Å². The summed E-state index contributed by atoms with van der Waals surface area (Å²) < 4.78 is 0. The zero-order chi connectivity index (χ0) is 13.4. The lowest BCUT2D eigenvalue weighted by atomic mass is 9.93. The van der Waals surface area contributed by atoms with Gasteiger partial charge in [0.2, 0.25) is 0 Å². The molecule has 0 bridgehead atoms. The van der Waals surface area contributed by atoms with Crippen molar-refractivity contribution in [3.63, 3.8) is 0 Å². The fraction of sp³-hybridized carbons (Fsp3) is 0.286. The summed E-state index contributed by atoms with van der Waals surface area (Å²) in [6.07, 6.45) is 2.06. The Balaban J connectivity index is 2.00. The van der Waals surface area contributed by atoms with Crippen LogP contribution in [0.4, 0.5) is 0 Å². The average Bonchev–Trinajstić information content (AvgIpc) is 2.86. The highest BCUT2D eigenvalue weighted by atomic mass is 16.4. The van der Waals surface area contributed by atoms with Crippen LogP contribution in [0.3, 0.4) is 0 Å². The largest absolute Gasteiger partial charge is 0.480 e. The molecule has 2 heterocycles. The smallest absolute Gasteiger partial charge is 0.321 e. The molecule has 3 rings (SSSR count). The summed E-state index contributed by atoms with van der Waals surface area (Å²) in [5, 5.41) is 12.4. The lowest BCUT2D eigenvalue weighted by Gasteiger charge is -2.28. The number of fused-ring (bicyclic) bond motifs is 1. The number of H-pyrrole nitrogens is 1. The first-order valence-electron chi connectivity index (χ1n) is 6.22. The third-order valence-electron chi connectivity index (χ3n) is 3.51. The highest BCUT2D eigenvalue weighted by Gasteiger charge is 2.32. The molecule has 19 heavy (non-hydrogen) atoms. The number of imidazole rings is 1. The minimum absolute atomic E-state index is 0.170. The molecule has 0 spiro atoms. The summed E-state index contributed by atoms with van der Waals surface area (Å²) in [5.74, 6) is -0.836. The lowest BCUT2D eigenvalue weighted by molar-refractivity contribution is -0.139. The number of nitrogens with one attached hydrogen (secondary N) is 2. The first-order valence-corrected chi connectivity index (χ1v) is 6.22. The number of hydrogen-bond donors (Lipinski definition) is 3. The summed E-state index contributed by atoms with van der Waals surface area (Å²) in [4.78, 5) is 18.6. The van der Waals surface area contributed by atoms with Gasteiger partial charge in [-0.1, -0.05) is 29.8 Å². The van der Waals surface area contributed by atoms with Crippen molar-refractivity contribution in [2.45, 2.75) is 25.4 Å². The Labute approximate surface area is 110 Å². The van der Waals surface area contributed by atoms with Crippen molar-refractivity contribution in [3.8, 4) is 0 Å². The summed E-state index contributed by atoms with van der Waals surface area (Å²) in [7, 11) is 0. The number of aromatic amines is 1. The number of aryl methyl sites for hydroxylation is 1. The van der Waals surface area contributed by atoms with Gasteiger partial charge in [-0.15, -0.1) is 0 Å². The molecular formula is C14H15N3O2. The lowest BCUT2D eigenvalue weighted by Crippen LogP contribution is -2.45. The number of aliphatic carboxylic acids is 1. The summed E-state index contributed by atoms with van der Waals surface area (Å²) in [6, 6.07) is 7.31. The van der Waals surface area contributed by atoms with E-state index in [1.807, 2.05) is 31.2 Å². The Morgan fingerprint density at radius 1 is 1.37 bits per heavy atom. The molecule has 2 unspecified atom stereocenters. The molecule has 1 aromatic carbocycles. The van der Waals surface area contributed by atoms with Crippen LogP contribution in [-0.4, -0.2) is 27.1 Å². The number of nitrogens with zero attached hydrogens (tertiary/aromatic N) is 1. The molecule has 0 saturated carbocycles. The first-order chi connectivity index (χ1) is 9.15. The molecule has 0 fully saturated rings. The molecule has 1 aliphatic heterocycles. The van der Waals surface area contributed by atoms with Crippen molar-refractivity contribution in [2.75, 3.05) is 0 Å². The fourth-order valence-corrected chi connectivity index (χ4v) is 2.46. The summed E-state index contributed by atoms with van der Waals surface area (Å²) >= 11 is 0. The second-order valence-corrected chi connectivity index (χ2v) is 4.87. The van der Waals surface area contributed by atoms with Gasteiger partial charge in [0, 0.05) is 12.1 Å². The quantitative estimate of drug-likeness (QED) is 0.760. The van der Waals surface area contributed by atoms with E-state index >= 15 is 0 Å². The molecule has 5 heteroatoms. The standard InChI is InChI=1S/C14H15N3O2/c1-8-2-4-9(5-3-8)12-13-10(15-7-16-13)6-11(17-12)14(18)19/h2-5,7,11-12,17H,6H2,1H3,(H,15,16)(H,18,19). The van der Waals surface area contributed by atoms with Gasteiger partial charge in [0.1, 0.15) is 6.04 Å². The van der Waals surface area contributed by atoms with E-state index in [-0.39, 0.29) is 6.04 Å². The molecule has 5 nitrogen and oxygen atoms in total. The number of benzene rings is 1. The van der Waals surface area contributed by atoms with Crippen LogP contribution in [0.5, 0.6) is 0 Å². The second kappa shape index (κ2) is 4.51. The molecule has 0 amide bonds. The van der Waals surface area contributed by atoms with E-state index in [1.54, 1.807) is 6.33 Å². The van der Waals surface area contributed by atoms with Gasteiger partial charge in [0.05, 0.1) is 18.1 Å². The molecule has 0 aliphatic carbocycles. The van der Waals surface area contributed by atoms with Crippen molar-refractivity contribution in [2.24, 2.45) is 0 Å². The number of carbonyl (C=O) groups is 1. The van der Waals surface area contributed by atoms with Crippen LogP contribution in [0.15, 0.2) is 30.6 Å². The van der Waals surface area contributed by atoms with E-state index in [0.29, 0.717) is 6.42 Å². The number of carboxylic acid groups (broad SMARTS) is 1. The highest BCUT2D eigenvalue weighted by Crippen LogP contribution is 2.28. The maximum atomic E-state index is 11.2. The SMILES string of the molecule is Cc1ccc(C2NC(C(=O)O)Cc3[nH]cnc32)cc1. The van der Waals surface area contributed by atoms with Gasteiger partial charge in [-0.2, -0.15) is 0 Å². The Kier molecular flexibility index (Phi) is 2.83. The van der Waals surface area contributed by atoms with Crippen LogP contribution in [0, 0.1) is 6.92 Å². The molecule has 98 valence electrons. The summed E-state index contributed by atoms with van der Waals surface area (Å²) in [5.41, 5.74) is 4.00. The van der Waals surface area contributed by atoms with Crippen LogP contribution in [0.25, 0.3) is 0 Å². The molecule has 3 N–H and O–H groups in total. The normalized spacial score (nSPS) is 21.9. The van der Waals surface area contributed by atoms with E-state index in [1.165, 1.54) is 5.56 Å². The van der Waals surface area contributed by atoms with Gasteiger partial charge in [-0.25, -0.2) is 4.98 Å². The maximum absolute atomic E-state index is 11.2. The van der Waals surface area contributed by atoms with Gasteiger partial charge < -0.3 is 10.1 Å². The van der Waals surface area contributed by atoms with E-state index < -0.39 is 12.0 Å². The van der Waals surface area contributed by atoms with Gasteiger partial charge in [0.15, 0.2) is 0 Å². The Morgan fingerprint density at radius 3 is 2.79 bits per heavy atom. The predicted octanol–water partition coefficient (Wildman–Crippen LogP) is 1.41. The number of carboxylic acids is 1. The van der Waals surface area contributed by atoms with E-state index in [9.17, 15) is 9.90 Å². The van der Waals surface area contributed by atoms with Crippen molar-refractivity contribution < 1.29 is 9.90 Å². The van der Waals surface area contributed by atoms with Crippen molar-refractivity contribution in [3.05, 3.63) is 53.1 Å². The average molecular weight is 257 g/mol. The number of hydrogen-bond acceptors (Lipinski definition) is 3. The Morgan fingerprint density at radius 2 is 2.11 bits per heavy atom. The molecule has 0 saturated heterocycles. The van der Waals surface area contributed by atoms with Crippen molar-refractivity contribution >= 4 is 5.97 Å². The number of rotatable bonds is 2. The van der Waals surface area contributed by atoms with Gasteiger partial charge in [0.25, 0.3) is 0 Å². The van der Waals surface area contributed by atoms with Crippen molar-refractivity contribution in [1.29, 1.82) is 0 Å². The molecule has 2 atom stereocenters. The van der Waals surface area contributed by atoms with Crippen LogP contribution in [-0.2, 0) is 11.2 Å². The molecule has 0 radical (unpaired) electrons. The number of aromatic nitrogens is 2. The van der Waals surface area contributed by atoms with Crippen LogP contribution < -0.4 is 5.32 Å². The molecule has 1 aromatic heterocycles. The third-order valence-corrected chi connectivity index (χ3v) is 3.51. The maximum Gasteiger partial charge on any atom is 0.321 e. The zero-order valence-corrected chi connectivity index (χ0v) is 10.6. The minimum atomic E-state index is -0.836. The fourth-order valence-electron chi connectivity index (χ4n) is 2.46. The third kappa shape index (κ3) is 2.13. The minimum Gasteiger partial charge on any atom is -0.480 e. The van der Waals surface area contributed by atoms with Crippen LogP contribution in [0.2, 0.25) is 0 Å². The molecule has 1 aliphatic rings. The van der Waals surface area contributed by atoms with Gasteiger partial charge in [-0.05, 0) is 12.5 Å². The second-order valence-electron chi connectivity index (χ2n) is 4.87. The van der Waals surface area contributed by atoms with Crippen LogP contribution in [0.1, 0.15) is 28.6 Å². The van der Waals surface area contributed by atoms with Gasteiger partial charge in [-0.3, -0.25) is 10.1 Å². The van der Waals surface area contributed by atoms with Gasteiger partial charge >= 0.3 is 5.97 Å². The van der Waals surface area contributed by atoms with E-state index in [2.05, 4.69) is 15.3 Å². The highest BCUT2D eigenvalue weighted by molar-refractivity contribution is 5.74. The van der Waals surface area contributed by atoms with Crippen LogP contribution >= 0.6 is 0 Å². The zero-order valence-electron chi connectivity index (χ0n) is 10.6. The Hall–Kier alpha value is -2.14. The monoisotopic (exact) mass is 257 g/mol. The molecular weight excluding hydrogens is 242 g/mol. The first kappa shape index (κ1) is 11.9. The predicted molar refractivity (Wildman–Crippen MR) is 69.9 cm³/mol. The van der Waals surface area contributed by atoms with E-state index in [4.69, 9.17) is 0 Å². The Bertz CT molecular complexity index is 603.